The Morgan fingerprint density at radius 1 is 1.41 bits per heavy atom. The molecule has 0 bridgehead atoms. The molecule has 1 aliphatic carbocycles. The minimum Gasteiger partial charge on any atom is -0.387 e. The summed E-state index contributed by atoms with van der Waals surface area (Å²) in [6, 6.07) is 0. The summed E-state index contributed by atoms with van der Waals surface area (Å²) in [4.78, 5) is 0. The molecule has 0 aromatic rings. The molecule has 0 amide bonds. The summed E-state index contributed by atoms with van der Waals surface area (Å²) in [6.07, 6.45) is 3.93. The second-order valence-corrected chi connectivity index (χ2v) is 7.36. The lowest BCUT2D eigenvalue weighted by atomic mass is 9.91. The normalized spacial score (nSPS) is 24.9. The van der Waals surface area contributed by atoms with Gasteiger partial charge >= 0.3 is 0 Å². The van der Waals surface area contributed by atoms with Crippen LogP contribution in [0.15, 0.2) is 0 Å². The van der Waals surface area contributed by atoms with Crippen LogP contribution in [0.5, 0.6) is 0 Å². The first-order chi connectivity index (χ1) is 7.90. The molecule has 1 saturated carbocycles. The van der Waals surface area contributed by atoms with Crippen molar-refractivity contribution in [2.75, 3.05) is 26.7 Å². The quantitative estimate of drug-likeness (QED) is 0.754. The Hall–Kier alpha value is -0.170. The molecule has 100 valence electrons. The third kappa shape index (κ3) is 2.50. The molecule has 2 rings (SSSR count). The molecule has 0 aromatic carbocycles. The fraction of sp³-hybridized carbons (Fsp3) is 1.00. The van der Waals surface area contributed by atoms with Gasteiger partial charge in [-0.2, -0.15) is 17.0 Å². The smallest absolute Gasteiger partial charge is 0.281 e. The molecule has 2 fully saturated rings. The van der Waals surface area contributed by atoms with Crippen molar-refractivity contribution in [2.45, 2.75) is 38.2 Å². The molecule has 17 heavy (non-hydrogen) atoms. The van der Waals surface area contributed by atoms with Gasteiger partial charge in [0.1, 0.15) is 0 Å². The van der Waals surface area contributed by atoms with Gasteiger partial charge in [0, 0.05) is 26.7 Å². The average Bonchev–Trinajstić information content (AvgIpc) is 3.04. The van der Waals surface area contributed by atoms with Gasteiger partial charge in [-0.25, -0.2) is 0 Å². The van der Waals surface area contributed by atoms with Crippen molar-refractivity contribution in [3.05, 3.63) is 0 Å². The summed E-state index contributed by atoms with van der Waals surface area (Å²) in [5.41, 5.74) is -0.737. The third-order valence-corrected chi connectivity index (χ3v) is 5.67. The van der Waals surface area contributed by atoms with Crippen LogP contribution in [0, 0.1) is 5.92 Å². The van der Waals surface area contributed by atoms with Gasteiger partial charge in [-0.3, -0.25) is 0 Å². The van der Waals surface area contributed by atoms with Crippen LogP contribution in [0.25, 0.3) is 0 Å². The van der Waals surface area contributed by atoms with E-state index in [0.29, 0.717) is 12.5 Å². The molecule has 0 atom stereocenters. The van der Waals surface area contributed by atoms with Crippen molar-refractivity contribution in [2.24, 2.45) is 5.92 Å². The molecule has 1 N–H and O–H groups in total. The molecule has 6 heteroatoms. The zero-order valence-electron chi connectivity index (χ0n) is 10.6. The van der Waals surface area contributed by atoms with E-state index in [1.165, 1.54) is 8.61 Å². The van der Waals surface area contributed by atoms with Crippen LogP contribution in [0.2, 0.25) is 0 Å². The monoisotopic (exact) mass is 262 g/mol. The van der Waals surface area contributed by atoms with Gasteiger partial charge in [0.2, 0.25) is 0 Å². The minimum absolute atomic E-state index is 0.274. The first-order valence-electron chi connectivity index (χ1n) is 6.34. The Balaban J connectivity index is 1.90. The van der Waals surface area contributed by atoms with Crippen LogP contribution < -0.4 is 0 Å². The molecule has 1 aliphatic heterocycles. The summed E-state index contributed by atoms with van der Waals surface area (Å²) < 4.78 is 27.0. The highest BCUT2D eigenvalue weighted by atomic mass is 32.2. The number of rotatable bonds is 6. The summed E-state index contributed by atoms with van der Waals surface area (Å²) in [6.45, 7) is 3.14. The number of β-amino-alcohol motifs (C(OH)–C–C–N with tert-alkyl or cyclic N) is 1. The largest absolute Gasteiger partial charge is 0.387 e. The van der Waals surface area contributed by atoms with Crippen LogP contribution in [0.3, 0.4) is 0 Å². The molecule has 1 heterocycles. The lowest BCUT2D eigenvalue weighted by molar-refractivity contribution is -0.0782. The van der Waals surface area contributed by atoms with Gasteiger partial charge in [-0.15, -0.1) is 0 Å². The lowest BCUT2D eigenvalue weighted by Crippen LogP contribution is -2.66. The third-order valence-electron chi connectivity index (χ3n) is 3.78. The topological polar surface area (TPSA) is 60.9 Å². The van der Waals surface area contributed by atoms with Crippen molar-refractivity contribution in [1.29, 1.82) is 0 Å². The molecule has 0 unspecified atom stereocenters. The standard InChI is InChI=1S/C11H22N2O3S/c1-3-4-7-12(2)17(15,16)13-8-11(14,9-13)10-5-6-10/h10,14H,3-9H2,1-2H3. The van der Waals surface area contributed by atoms with E-state index < -0.39 is 15.8 Å². The fourth-order valence-electron chi connectivity index (χ4n) is 2.30. The van der Waals surface area contributed by atoms with Gasteiger partial charge in [0.15, 0.2) is 0 Å². The molecule has 0 spiro atoms. The second kappa shape index (κ2) is 4.50. The molecule has 2 aliphatic rings. The highest BCUT2D eigenvalue weighted by Gasteiger charge is 2.55. The first kappa shape index (κ1) is 13.3. The maximum absolute atomic E-state index is 12.1. The van der Waals surface area contributed by atoms with Gasteiger partial charge < -0.3 is 5.11 Å². The van der Waals surface area contributed by atoms with Gasteiger partial charge in [-0.1, -0.05) is 13.3 Å². The Morgan fingerprint density at radius 3 is 2.47 bits per heavy atom. The van der Waals surface area contributed by atoms with E-state index in [4.69, 9.17) is 0 Å². The Morgan fingerprint density at radius 2 is 2.00 bits per heavy atom. The van der Waals surface area contributed by atoms with Gasteiger partial charge in [0.05, 0.1) is 5.60 Å². The molecule has 0 aromatic heterocycles. The van der Waals surface area contributed by atoms with E-state index >= 15 is 0 Å². The molecule has 0 radical (unpaired) electrons. The maximum atomic E-state index is 12.1. The van der Waals surface area contributed by atoms with E-state index in [2.05, 4.69) is 0 Å². The van der Waals surface area contributed by atoms with Crippen molar-refractivity contribution in [3.63, 3.8) is 0 Å². The number of hydrogen-bond donors (Lipinski definition) is 1. The van der Waals surface area contributed by atoms with E-state index in [1.54, 1.807) is 7.05 Å². The van der Waals surface area contributed by atoms with Crippen molar-refractivity contribution in [1.82, 2.24) is 8.61 Å². The van der Waals surface area contributed by atoms with Crippen LogP contribution in [0.4, 0.5) is 0 Å². The SMILES string of the molecule is CCCCN(C)S(=O)(=O)N1CC(O)(C2CC2)C1. The Kier molecular flexibility index (Phi) is 3.51. The summed E-state index contributed by atoms with van der Waals surface area (Å²) >= 11 is 0. The predicted octanol–water partition coefficient (Wildman–Crippen LogP) is 0.420. The van der Waals surface area contributed by atoms with Crippen LogP contribution in [0.1, 0.15) is 32.6 Å². The molecule has 1 saturated heterocycles. The predicted molar refractivity (Wildman–Crippen MR) is 65.7 cm³/mol. The maximum Gasteiger partial charge on any atom is 0.281 e. The van der Waals surface area contributed by atoms with Crippen LogP contribution in [-0.4, -0.2) is 54.4 Å². The minimum atomic E-state index is -3.34. The van der Waals surface area contributed by atoms with Gasteiger partial charge in [-0.05, 0) is 25.2 Å². The van der Waals surface area contributed by atoms with Crippen LogP contribution in [-0.2, 0) is 10.2 Å². The molecule has 5 nitrogen and oxygen atoms in total. The lowest BCUT2D eigenvalue weighted by Gasteiger charge is -2.46. The average molecular weight is 262 g/mol. The van der Waals surface area contributed by atoms with Crippen molar-refractivity contribution in [3.8, 4) is 0 Å². The number of aliphatic hydroxyl groups is 1. The first-order valence-corrected chi connectivity index (χ1v) is 7.73. The van der Waals surface area contributed by atoms with Crippen LogP contribution >= 0.6 is 0 Å². The Bertz CT molecular complexity index is 372. The van der Waals surface area contributed by atoms with Gasteiger partial charge in [0.25, 0.3) is 10.2 Å². The summed E-state index contributed by atoms with van der Waals surface area (Å²) in [7, 11) is -1.73. The Labute approximate surface area is 104 Å². The number of nitrogens with zero attached hydrogens (tertiary/aromatic N) is 2. The van der Waals surface area contributed by atoms with E-state index in [0.717, 1.165) is 25.7 Å². The van der Waals surface area contributed by atoms with Crippen molar-refractivity contribution < 1.29 is 13.5 Å². The molecular weight excluding hydrogens is 240 g/mol. The second-order valence-electron chi connectivity index (χ2n) is 5.33. The highest BCUT2D eigenvalue weighted by Crippen LogP contribution is 2.45. The van der Waals surface area contributed by atoms with E-state index in [9.17, 15) is 13.5 Å². The fourth-order valence-corrected chi connectivity index (χ4v) is 3.83. The molecular formula is C11H22N2O3S. The van der Waals surface area contributed by atoms with E-state index in [-0.39, 0.29) is 13.1 Å². The zero-order valence-corrected chi connectivity index (χ0v) is 11.4. The number of hydrogen-bond acceptors (Lipinski definition) is 3. The van der Waals surface area contributed by atoms with Crippen molar-refractivity contribution >= 4 is 10.2 Å². The summed E-state index contributed by atoms with van der Waals surface area (Å²) in [5, 5.41) is 10.1. The van der Waals surface area contributed by atoms with E-state index in [1.807, 2.05) is 6.92 Å². The zero-order chi connectivity index (χ0) is 12.7. The summed E-state index contributed by atoms with van der Waals surface area (Å²) in [5.74, 6) is 0.329. The highest BCUT2D eigenvalue weighted by molar-refractivity contribution is 7.86. The number of unbranched alkanes of at least 4 members (excludes halogenated alkanes) is 1.